The van der Waals surface area contributed by atoms with E-state index in [0.29, 0.717) is 16.3 Å². The second kappa shape index (κ2) is 13.6. The van der Waals surface area contributed by atoms with Gasteiger partial charge in [0.2, 0.25) is 5.91 Å². The van der Waals surface area contributed by atoms with Gasteiger partial charge in [-0.3, -0.25) is 10.1 Å². The first-order valence-electron chi connectivity index (χ1n) is 11.7. The van der Waals surface area contributed by atoms with Gasteiger partial charge in [-0.2, -0.15) is 0 Å². The number of carbonyl (C=O) groups is 3. The first-order chi connectivity index (χ1) is 18.6. The first kappa shape index (κ1) is 29.5. The van der Waals surface area contributed by atoms with Gasteiger partial charge < -0.3 is 31.1 Å². The van der Waals surface area contributed by atoms with Crippen LogP contribution in [0.4, 0.5) is 24.2 Å². The quantitative estimate of drug-likeness (QED) is 0.253. The molecule has 208 valence electrons. The molecule has 39 heavy (non-hydrogen) atoms. The maximum absolute atomic E-state index is 13.7. The predicted octanol–water partition coefficient (Wildman–Crippen LogP) is 2.36. The Bertz CT molecular complexity index is 1350. The summed E-state index contributed by atoms with van der Waals surface area (Å²) in [6, 6.07) is 7.05. The van der Waals surface area contributed by atoms with Crippen LogP contribution in [0.15, 0.2) is 48.7 Å². The van der Waals surface area contributed by atoms with Gasteiger partial charge in [-0.1, -0.05) is 23.7 Å². The monoisotopic (exact) mass is 564 g/mol. The van der Waals surface area contributed by atoms with Crippen molar-refractivity contribution >= 4 is 46.2 Å². The molecule has 2 atom stereocenters. The Kier molecular flexibility index (Phi) is 10.3. The number of nitrogens with two attached hydrogens (primary N) is 1. The summed E-state index contributed by atoms with van der Waals surface area (Å²) in [6.07, 6.45) is 0.540. The summed E-state index contributed by atoms with van der Waals surface area (Å²) in [5, 5.41) is 17.6. The number of anilines is 1. The van der Waals surface area contributed by atoms with Crippen LogP contribution in [0.1, 0.15) is 5.56 Å². The van der Waals surface area contributed by atoms with Crippen LogP contribution >= 0.6 is 11.6 Å². The first-order valence-corrected chi connectivity index (χ1v) is 12.0. The number of aliphatic hydroxyl groups is 1. The number of likely N-dealkylation sites (N-methyl/N-ethyl adjacent to an activating group) is 1. The Morgan fingerprint density at radius 2 is 1.92 bits per heavy atom. The zero-order chi connectivity index (χ0) is 28.5. The van der Waals surface area contributed by atoms with E-state index in [0.717, 1.165) is 0 Å². The van der Waals surface area contributed by atoms with E-state index in [1.165, 1.54) is 48.5 Å². The van der Waals surface area contributed by atoms with E-state index < -0.39 is 48.4 Å². The summed E-state index contributed by atoms with van der Waals surface area (Å²) in [7, 11) is 1.39. The number of rotatable bonds is 10. The Morgan fingerprint density at radius 1 is 1.15 bits per heavy atom. The number of pyridine rings is 1. The number of amides is 4. The molecule has 3 aromatic rings. The van der Waals surface area contributed by atoms with Crippen LogP contribution in [0.3, 0.4) is 0 Å². The number of carbonyl (C=O) groups excluding carboxylic acids is 3. The molecule has 6 N–H and O–H groups in total. The minimum Gasteiger partial charge on any atom is -0.447 e. The van der Waals surface area contributed by atoms with Crippen molar-refractivity contribution in [3.8, 4) is 0 Å². The summed E-state index contributed by atoms with van der Waals surface area (Å²) < 4.78 is 32.5. The highest BCUT2D eigenvalue weighted by Crippen LogP contribution is 2.20. The highest BCUT2D eigenvalue weighted by molar-refractivity contribution is 6.31. The molecule has 2 aromatic carbocycles. The van der Waals surface area contributed by atoms with Crippen molar-refractivity contribution in [3.05, 3.63) is 70.9 Å². The minimum absolute atomic E-state index is 0.0934. The van der Waals surface area contributed by atoms with Crippen LogP contribution in [-0.2, 0) is 16.1 Å². The van der Waals surface area contributed by atoms with Crippen molar-refractivity contribution in [2.75, 3.05) is 32.1 Å². The van der Waals surface area contributed by atoms with Crippen LogP contribution in [0.5, 0.6) is 0 Å². The normalized spacial score (nSPS) is 12.4. The number of nitrogens with zero attached hydrogens (tertiary/aromatic N) is 2. The van der Waals surface area contributed by atoms with Gasteiger partial charge in [0.15, 0.2) is 0 Å². The van der Waals surface area contributed by atoms with E-state index in [1.54, 1.807) is 12.1 Å². The molecule has 0 radical (unpaired) electrons. The summed E-state index contributed by atoms with van der Waals surface area (Å²) in [5.41, 5.74) is 5.85. The average Bonchev–Trinajstić information content (AvgIpc) is 2.92. The Labute approximate surface area is 227 Å². The molecule has 0 saturated carbocycles. The summed E-state index contributed by atoms with van der Waals surface area (Å²) >= 11 is 5.93. The van der Waals surface area contributed by atoms with Crippen LogP contribution < -0.4 is 21.7 Å². The SMILES string of the molecule is CN(C(=O)NCc1cccc(F)c1Cl)[C@@H](CNC(=O)[C@H](N)CO)COC(=O)Nc1cc2cc(F)ccc2cn1. The molecule has 0 bridgehead atoms. The molecule has 0 aliphatic rings. The standard InChI is InChI=1S/C25H27ClF2N6O5/c1-34(24(37)32-10-15-3-2-4-19(28)22(15)26)18(11-31-23(36)20(29)12-35)13-39-25(38)33-21-8-16-7-17(27)6-5-14(16)9-30-21/h2-9,18,20,35H,10-13,29H2,1H3,(H,31,36)(H,32,37)(H,30,33,38)/t18-,20+/m0/s1. The van der Waals surface area contributed by atoms with Gasteiger partial charge in [0.1, 0.15) is 30.1 Å². The molecule has 14 heteroatoms. The van der Waals surface area contributed by atoms with Gasteiger partial charge in [0.25, 0.3) is 0 Å². The third-order valence-corrected chi connectivity index (χ3v) is 6.12. The molecule has 0 spiro atoms. The van der Waals surface area contributed by atoms with Crippen molar-refractivity contribution in [1.82, 2.24) is 20.5 Å². The number of urea groups is 1. The van der Waals surface area contributed by atoms with Gasteiger partial charge in [-0.25, -0.2) is 23.4 Å². The van der Waals surface area contributed by atoms with Gasteiger partial charge in [-0.15, -0.1) is 0 Å². The molecule has 1 heterocycles. The fourth-order valence-electron chi connectivity index (χ4n) is 3.38. The van der Waals surface area contributed by atoms with Crippen molar-refractivity contribution in [1.29, 1.82) is 0 Å². The zero-order valence-corrected chi connectivity index (χ0v) is 21.5. The minimum atomic E-state index is -1.19. The van der Waals surface area contributed by atoms with E-state index in [4.69, 9.17) is 27.2 Å². The maximum Gasteiger partial charge on any atom is 0.412 e. The summed E-state index contributed by atoms with van der Waals surface area (Å²) in [5.74, 6) is -1.66. The fraction of sp³-hybridized carbons (Fsp3) is 0.280. The van der Waals surface area contributed by atoms with Crippen molar-refractivity contribution in [3.63, 3.8) is 0 Å². The maximum atomic E-state index is 13.7. The number of nitrogens with one attached hydrogen (secondary N) is 3. The third-order valence-electron chi connectivity index (χ3n) is 5.70. The van der Waals surface area contributed by atoms with Gasteiger partial charge in [-0.05, 0) is 41.3 Å². The van der Waals surface area contributed by atoms with Gasteiger partial charge in [0.05, 0.1) is 17.7 Å². The van der Waals surface area contributed by atoms with Gasteiger partial charge >= 0.3 is 12.1 Å². The Morgan fingerprint density at radius 3 is 2.67 bits per heavy atom. The topological polar surface area (TPSA) is 159 Å². The molecule has 0 unspecified atom stereocenters. The van der Waals surface area contributed by atoms with Gasteiger partial charge in [0, 0.05) is 31.7 Å². The number of halogens is 3. The molecule has 0 aliphatic carbocycles. The van der Waals surface area contributed by atoms with Crippen molar-refractivity contribution in [2.24, 2.45) is 5.73 Å². The highest BCUT2D eigenvalue weighted by atomic mass is 35.5. The lowest BCUT2D eigenvalue weighted by atomic mass is 10.2. The number of benzene rings is 2. The largest absolute Gasteiger partial charge is 0.447 e. The van der Waals surface area contributed by atoms with E-state index >= 15 is 0 Å². The van der Waals surface area contributed by atoms with Crippen molar-refractivity contribution in [2.45, 2.75) is 18.6 Å². The molecular weight excluding hydrogens is 538 g/mol. The Hall–Kier alpha value is -4.07. The number of ether oxygens (including phenoxy) is 1. The summed E-state index contributed by atoms with van der Waals surface area (Å²) in [4.78, 5) is 42.5. The lowest BCUT2D eigenvalue weighted by molar-refractivity contribution is -0.123. The lowest BCUT2D eigenvalue weighted by Crippen LogP contribution is -2.53. The highest BCUT2D eigenvalue weighted by Gasteiger charge is 2.24. The molecular formula is C25H27ClF2N6O5. The lowest BCUT2D eigenvalue weighted by Gasteiger charge is -2.28. The van der Waals surface area contributed by atoms with Crippen LogP contribution in [0.2, 0.25) is 5.02 Å². The number of aromatic nitrogens is 1. The zero-order valence-electron chi connectivity index (χ0n) is 20.8. The predicted molar refractivity (Wildman–Crippen MR) is 140 cm³/mol. The number of aliphatic hydroxyl groups excluding tert-OH is 1. The second-order valence-electron chi connectivity index (χ2n) is 8.46. The van der Waals surface area contributed by atoms with Crippen LogP contribution in [0.25, 0.3) is 10.8 Å². The molecule has 0 aliphatic heterocycles. The van der Waals surface area contributed by atoms with E-state index in [1.807, 2.05) is 0 Å². The number of hydrogen-bond acceptors (Lipinski definition) is 7. The van der Waals surface area contributed by atoms with Crippen LogP contribution in [0, 0.1) is 11.6 Å². The van der Waals surface area contributed by atoms with Crippen molar-refractivity contribution < 1.29 is 33.0 Å². The van der Waals surface area contributed by atoms with E-state index in [-0.39, 0.29) is 30.5 Å². The molecule has 11 nitrogen and oxygen atoms in total. The van der Waals surface area contributed by atoms with E-state index in [2.05, 4.69) is 20.9 Å². The number of fused-ring (bicyclic) bond motifs is 1. The van der Waals surface area contributed by atoms with E-state index in [9.17, 15) is 23.2 Å². The third kappa shape index (κ3) is 8.21. The fourth-order valence-corrected chi connectivity index (χ4v) is 3.57. The second-order valence-corrected chi connectivity index (χ2v) is 8.83. The molecule has 4 amide bonds. The van der Waals surface area contributed by atoms with Crippen LogP contribution in [-0.4, -0.2) is 71.9 Å². The average molecular weight is 565 g/mol. The molecule has 3 rings (SSSR count). The molecule has 0 saturated heterocycles. The smallest absolute Gasteiger partial charge is 0.412 e. The Balaban J connectivity index is 1.64. The molecule has 0 fully saturated rings. The number of hydrogen-bond donors (Lipinski definition) is 5. The summed E-state index contributed by atoms with van der Waals surface area (Å²) in [6.45, 7) is -1.24. The molecule has 1 aromatic heterocycles.